The Morgan fingerprint density at radius 2 is 1.21 bits per heavy atom. The molecule has 0 saturated carbocycles. The number of ketones is 1. The Kier molecular flexibility index (Phi) is 23.9. The minimum Gasteiger partial charge on any atom is -0.370 e. The zero-order valence-electron chi connectivity index (χ0n) is 39.8. The molecule has 4 rings (SSSR count). The molecular weight excluding hydrogens is 973 g/mol. The Balaban J connectivity index is 1.70. The first-order valence-electron chi connectivity index (χ1n) is 23.6. The second kappa shape index (κ2) is 29.7. The maximum atomic E-state index is 14.6. The van der Waals surface area contributed by atoms with Crippen LogP contribution in [0.2, 0.25) is 0 Å². The Hall–Kier alpha value is -6.57. The number of Topliss-reactive ketones (excluding diaryl/α,β-unsaturated/α-hetero) is 1. The van der Waals surface area contributed by atoms with E-state index in [4.69, 9.17) is 28.7 Å². The van der Waals surface area contributed by atoms with Crippen LogP contribution in [0.3, 0.4) is 0 Å². The molecule has 16 N–H and O–H groups in total. The molecule has 2 fully saturated rings. The SMILES string of the molecule is NCCCC[C@H](CC(=O)[C@@H]1CCCN1C(=O)[C@@H]1CSSC[C@H](N)C(=O)N[C@@H](Cc2ccccc2)C(=O)N[C@@H](Cc2ccccc2)C(=O)N[C@@H](CCC(N)=O)C(=O)N[C@@H](CC(N)=O)C(=O)N1)C(=O)NCC(N)=O. The van der Waals surface area contributed by atoms with Crippen molar-refractivity contribution in [1.29, 1.82) is 0 Å². The van der Waals surface area contributed by atoms with E-state index in [2.05, 4.69) is 31.9 Å². The summed E-state index contributed by atoms with van der Waals surface area (Å²) < 4.78 is 0. The smallest absolute Gasteiger partial charge is 0.246 e. The van der Waals surface area contributed by atoms with E-state index in [0.29, 0.717) is 36.9 Å². The van der Waals surface area contributed by atoms with Gasteiger partial charge in [0.15, 0.2) is 5.78 Å². The first kappa shape index (κ1) is 58.0. The molecule has 0 radical (unpaired) electrons. The summed E-state index contributed by atoms with van der Waals surface area (Å²) >= 11 is 0. The number of benzene rings is 2. The number of carbonyl (C=O) groups excluding carboxylic acids is 11. The van der Waals surface area contributed by atoms with Crippen LogP contribution in [0.15, 0.2) is 60.7 Å². The van der Waals surface area contributed by atoms with Gasteiger partial charge < -0.3 is 65.5 Å². The molecule has 0 bridgehead atoms. The Morgan fingerprint density at radius 1 is 0.667 bits per heavy atom. The molecule has 72 heavy (non-hydrogen) atoms. The summed E-state index contributed by atoms with van der Waals surface area (Å²) in [5, 5.41) is 15.4. The van der Waals surface area contributed by atoms with Crippen LogP contribution in [0, 0.1) is 5.92 Å². The molecule has 2 aromatic rings. The first-order valence-corrected chi connectivity index (χ1v) is 26.1. The van der Waals surface area contributed by atoms with Crippen molar-refractivity contribution >= 4 is 86.4 Å². The molecule has 0 aliphatic carbocycles. The lowest BCUT2D eigenvalue weighted by atomic mass is 9.92. The van der Waals surface area contributed by atoms with Crippen LogP contribution in [0.1, 0.15) is 68.9 Å². The molecule has 2 aliphatic rings. The largest absolute Gasteiger partial charge is 0.370 e. The topological polar surface area (TPSA) is 393 Å². The van der Waals surface area contributed by atoms with Crippen LogP contribution in [0.25, 0.3) is 0 Å². The van der Waals surface area contributed by atoms with Gasteiger partial charge in [-0.2, -0.15) is 0 Å². The van der Waals surface area contributed by atoms with Crippen molar-refractivity contribution < 1.29 is 52.7 Å². The molecule has 2 aliphatic heterocycles. The average molecular weight is 1040 g/mol. The lowest BCUT2D eigenvalue weighted by Gasteiger charge is -2.30. The molecule has 2 saturated heterocycles. The van der Waals surface area contributed by atoms with Gasteiger partial charge in [-0.15, -0.1) is 0 Å². The van der Waals surface area contributed by atoms with E-state index < -0.39 is 139 Å². The predicted molar refractivity (Wildman–Crippen MR) is 268 cm³/mol. The average Bonchev–Trinajstić information content (AvgIpc) is 3.84. The number of nitrogens with one attached hydrogen (secondary N) is 6. The number of unbranched alkanes of at least 4 members (excludes halogenated alkanes) is 1. The monoisotopic (exact) mass is 1040 g/mol. The minimum atomic E-state index is -1.75. The van der Waals surface area contributed by atoms with Crippen molar-refractivity contribution in [2.45, 2.75) is 113 Å². The van der Waals surface area contributed by atoms with Crippen LogP contribution in [0.4, 0.5) is 0 Å². The number of rotatable bonds is 20. The summed E-state index contributed by atoms with van der Waals surface area (Å²) in [6.45, 7) is -0.0129. The second-order valence-corrected chi connectivity index (χ2v) is 20.1. The van der Waals surface area contributed by atoms with Gasteiger partial charge in [0, 0.05) is 49.7 Å². The third-order valence-corrected chi connectivity index (χ3v) is 14.3. The van der Waals surface area contributed by atoms with E-state index in [1.807, 2.05) is 0 Å². The number of hydrogen-bond acceptors (Lipinski definition) is 15. The zero-order chi connectivity index (χ0) is 52.7. The summed E-state index contributed by atoms with van der Waals surface area (Å²) in [7, 11) is 2.10. The highest BCUT2D eigenvalue weighted by molar-refractivity contribution is 8.76. The zero-order valence-corrected chi connectivity index (χ0v) is 41.5. The molecule has 10 amide bonds. The maximum Gasteiger partial charge on any atom is 0.246 e. The third kappa shape index (κ3) is 19.2. The molecule has 2 aromatic carbocycles. The minimum absolute atomic E-state index is 0.0154. The summed E-state index contributed by atoms with van der Waals surface area (Å²) in [5.74, 6) is -10.0. The van der Waals surface area contributed by atoms with Crippen molar-refractivity contribution in [3.63, 3.8) is 0 Å². The molecule has 23 nitrogen and oxygen atoms in total. The standard InChI is InChI=1S/C47H66N12O11S2/c48-18-8-7-14-29(41(64)53-24-40(52)63)22-37(60)36-15-9-19-59(36)47(70)35-26-72-71-25-30(49)42(65)55-32(20-27-10-3-1-4-11-27)45(68)56-33(21-28-12-5-2-6-13-28)44(67)54-31(16-17-38(50)61)43(66)57-34(23-39(51)62)46(69)58-35/h1-6,10-13,29-36H,7-9,14-26,48-49H2,(H2,50,61)(H2,51,62)(H2,52,63)(H,53,64)(H,54,67)(H,55,65)(H,56,68)(H,57,66)(H,58,69)/t29-,30+,31+,32+,33+,34+,35+,36+/m1/s1. The van der Waals surface area contributed by atoms with Gasteiger partial charge in [0.1, 0.15) is 30.2 Å². The van der Waals surface area contributed by atoms with Crippen molar-refractivity contribution in [3.05, 3.63) is 71.8 Å². The number of nitrogens with zero attached hydrogens (tertiary/aromatic N) is 1. The number of primary amides is 3. The summed E-state index contributed by atoms with van der Waals surface area (Å²) in [6, 6.07) is 7.69. The molecule has 0 spiro atoms. The fourth-order valence-corrected chi connectivity index (χ4v) is 10.3. The van der Waals surface area contributed by atoms with Crippen molar-refractivity contribution in [1.82, 2.24) is 36.8 Å². The van der Waals surface area contributed by atoms with E-state index in [-0.39, 0.29) is 50.2 Å². The Bertz CT molecular complexity index is 2250. The van der Waals surface area contributed by atoms with E-state index in [1.54, 1.807) is 60.7 Å². The number of amides is 10. The van der Waals surface area contributed by atoms with E-state index in [1.165, 1.54) is 4.90 Å². The van der Waals surface area contributed by atoms with Gasteiger partial charge in [-0.25, -0.2) is 0 Å². The molecule has 0 unspecified atom stereocenters. The fraction of sp³-hybridized carbons (Fsp3) is 0.511. The van der Waals surface area contributed by atoms with Gasteiger partial charge in [-0.1, -0.05) is 88.7 Å². The molecule has 25 heteroatoms. The molecular formula is C47H66N12O11S2. The Morgan fingerprint density at radius 3 is 1.78 bits per heavy atom. The van der Waals surface area contributed by atoms with E-state index in [0.717, 1.165) is 21.6 Å². The highest BCUT2D eigenvalue weighted by atomic mass is 33.1. The van der Waals surface area contributed by atoms with E-state index >= 15 is 0 Å². The lowest BCUT2D eigenvalue weighted by Crippen LogP contribution is -2.61. The number of likely N-dealkylation sites (tertiary alicyclic amines) is 1. The van der Waals surface area contributed by atoms with Gasteiger partial charge in [0.2, 0.25) is 59.1 Å². The fourth-order valence-electron chi connectivity index (χ4n) is 8.06. The van der Waals surface area contributed by atoms with Gasteiger partial charge >= 0.3 is 0 Å². The number of hydrogen-bond donors (Lipinski definition) is 11. The van der Waals surface area contributed by atoms with E-state index in [9.17, 15) is 52.7 Å². The van der Waals surface area contributed by atoms with Gasteiger partial charge in [-0.05, 0) is 49.8 Å². The molecule has 0 aromatic heterocycles. The second-order valence-electron chi connectivity index (χ2n) is 17.6. The summed E-state index contributed by atoms with van der Waals surface area (Å²) in [5.41, 5.74) is 29.5. The third-order valence-electron chi connectivity index (χ3n) is 11.9. The maximum absolute atomic E-state index is 14.6. The first-order chi connectivity index (χ1) is 34.4. The van der Waals surface area contributed by atoms with Crippen LogP contribution < -0.4 is 60.6 Å². The highest BCUT2D eigenvalue weighted by Gasteiger charge is 2.40. The molecule has 392 valence electrons. The lowest BCUT2D eigenvalue weighted by molar-refractivity contribution is -0.141. The molecule has 2 heterocycles. The Labute approximate surface area is 424 Å². The predicted octanol–water partition coefficient (Wildman–Crippen LogP) is -2.94. The normalized spacial score (nSPS) is 23.2. The van der Waals surface area contributed by atoms with Gasteiger partial charge in [0.05, 0.1) is 25.0 Å². The van der Waals surface area contributed by atoms with Gasteiger partial charge in [-0.3, -0.25) is 52.7 Å². The van der Waals surface area contributed by atoms with Crippen LogP contribution in [-0.4, -0.2) is 143 Å². The molecule has 8 atom stereocenters. The van der Waals surface area contributed by atoms with Crippen molar-refractivity contribution in [2.75, 3.05) is 31.1 Å². The van der Waals surface area contributed by atoms with Crippen molar-refractivity contribution in [3.8, 4) is 0 Å². The quantitative estimate of drug-likeness (QED) is 0.0467. The number of nitrogens with two attached hydrogens (primary N) is 5. The highest BCUT2D eigenvalue weighted by Crippen LogP contribution is 2.27. The van der Waals surface area contributed by atoms with Gasteiger partial charge in [0.25, 0.3) is 0 Å². The summed E-state index contributed by atoms with van der Waals surface area (Å²) in [6.07, 6.45) is -0.0809. The van der Waals surface area contributed by atoms with Crippen LogP contribution >= 0.6 is 21.6 Å². The van der Waals surface area contributed by atoms with Crippen LogP contribution in [-0.2, 0) is 65.6 Å². The summed E-state index contributed by atoms with van der Waals surface area (Å²) in [4.78, 5) is 149. The number of carbonyl (C=O) groups is 11. The van der Waals surface area contributed by atoms with Crippen LogP contribution in [0.5, 0.6) is 0 Å². The van der Waals surface area contributed by atoms with Crippen molar-refractivity contribution in [2.24, 2.45) is 34.6 Å².